The maximum absolute atomic E-state index is 12.3. The van der Waals surface area contributed by atoms with Gasteiger partial charge in [-0.15, -0.1) is 0 Å². The van der Waals surface area contributed by atoms with Gasteiger partial charge in [-0.1, -0.05) is 36.4 Å². The molecule has 0 spiro atoms. The minimum absolute atomic E-state index is 0.200. The minimum atomic E-state index is -0.349. The van der Waals surface area contributed by atoms with Crippen molar-refractivity contribution in [3.05, 3.63) is 82.0 Å². The summed E-state index contributed by atoms with van der Waals surface area (Å²) in [6.45, 7) is 3.87. The van der Waals surface area contributed by atoms with E-state index in [2.05, 4.69) is 38.8 Å². The number of hydrogen-bond acceptors (Lipinski definition) is 3. The van der Waals surface area contributed by atoms with Crippen molar-refractivity contribution in [2.24, 2.45) is 0 Å². The molecule has 7 nitrogen and oxygen atoms in total. The fourth-order valence-corrected chi connectivity index (χ4v) is 3.29. The lowest BCUT2D eigenvalue weighted by molar-refractivity contribution is 0.0934. The average Bonchev–Trinajstić information content (AvgIpc) is 3.27. The zero-order chi connectivity index (χ0) is 19.0. The third-order valence-corrected chi connectivity index (χ3v) is 4.70. The van der Waals surface area contributed by atoms with Crippen molar-refractivity contribution in [3.8, 4) is 5.69 Å². The van der Waals surface area contributed by atoms with Crippen LogP contribution in [-0.2, 0) is 0 Å². The van der Waals surface area contributed by atoms with Crippen LogP contribution in [0, 0.1) is 6.92 Å². The average molecular weight is 361 g/mol. The molecule has 136 valence electrons. The first-order valence-electron chi connectivity index (χ1n) is 8.66. The van der Waals surface area contributed by atoms with E-state index in [1.165, 1.54) is 6.07 Å². The highest BCUT2D eigenvalue weighted by Gasteiger charge is 2.18. The predicted molar refractivity (Wildman–Crippen MR) is 103 cm³/mol. The fourth-order valence-electron chi connectivity index (χ4n) is 3.29. The first-order valence-corrected chi connectivity index (χ1v) is 8.66. The van der Waals surface area contributed by atoms with Crippen molar-refractivity contribution in [2.75, 3.05) is 0 Å². The SMILES string of the molecule is Cc1c([C@@H](C)NC(=O)c2cc(=O)[nH][nH]2)cnn1-c1cccc2ccccc12. The minimum Gasteiger partial charge on any atom is -0.344 e. The van der Waals surface area contributed by atoms with Gasteiger partial charge in [0.25, 0.3) is 11.5 Å². The van der Waals surface area contributed by atoms with E-state index >= 15 is 0 Å². The van der Waals surface area contributed by atoms with Crippen LogP contribution in [0.2, 0.25) is 0 Å². The summed E-state index contributed by atoms with van der Waals surface area (Å²) in [6, 6.07) is 15.2. The molecule has 1 atom stereocenters. The Hall–Kier alpha value is -3.61. The van der Waals surface area contributed by atoms with Crippen LogP contribution in [0.1, 0.15) is 34.7 Å². The molecular formula is C20H19N5O2. The number of amides is 1. The van der Waals surface area contributed by atoms with Crippen LogP contribution in [0.15, 0.2) is 59.5 Å². The molecule has 0 saturated carbocycles. The van der Waals surface area contributed by atoms with Crippen LogP contribution in [-0.4, -0.2) is 25.9 Å². The molecule has 0 aliphatic heterocycles. The van der Waals surface area contributed by atoms with E-state index < -0.39 is 0 Å². The van der Waals surface area contributed by atoms with Gasteiger partial charge in [-0.05, 0) is 25.3 Å². The van der Waals surface area contributed by atoms with Gasteiger partial charge in [0.1, 0.15) is 5.69 Å². The molecule has 27 heavy (non-hydrogen) atoms. The number of nitrogens with one attached hydrogen (secondary N) is 3. The zero-order valence-corrected chi connectivity index (χ0v) is 15.0. The van der Waals surface area contributed by atoms with Crippen LogP contribution < -0.4 is 10.9 Å². The maximum atomic E-state index is 12.3. The molecule has 0 fully saturated rings. The number of aromatic nitrogens is 4. The second-order valence-electron chi connectivity index (χ2n) is 6.46. The Balaban J connectivity index is 1.65. The molecule has 2 heterocycles. The van der Waals surface area contributed by atoms with Crippen molar-refractivity contribution < 1.29 is 4.79 Å². The summed E-state index contributed by atoms with van der Waals surface area (Å²) in [5, 5.41) is 14.6. The summed E-state index contributed by atoms with van der Waals surface area (Å²) < 4.78 is 1.89. The van der Waals surface area contributed by atoms with Gasteiger partial charge in [0, 0.05) is 22.7 Å². The quantitative estimate of drug-likeness (QED) is 0.521. The molecule has 0 radical (unpaired) electrons. The van der Waals surface area contributed by atoms with Crippen LogP contribution in [0.4, 0.5) is 0 Å². The second kappa shape index (κ2) is 6.60. The largest absolute Gasteiger partial charge is 0.344 e. The number of H-pyrrole nitrogens is 2. The molecule has 0 aliphatic rings. The van der Waals surface area contributed by atoms with Gasteiger partial charge in [-0.3, -0.25) is 19.8 Å². The maximum Gasteiger partial charge on any atom is 0.269 e. The molecule has 4 aromatic rings. The Kier molecular flexibility index (Phi) is 4.12. The van der Waals surface area contributed by atoms with Crippen molar-refractivity contribution in [1.82, 2.24) is 25.3 Å². The molecule has 7 heteroatoms. The van der Waals surface area contributed by atoms with Gasteiger partial charge in [-0.25, -0.2) is 4.68 Å². The number of nitrogens with zero attached hydrogens (tertiary/aromatic N) is 2. The number of carbonyl (C=O) groups excluding carboxylic acids is 1. The molecular weight excluding hydrogens is 342 g/mol. The summed E-state index contributed by atoms with van der Waals surface area (Å²) in [6.07, 6.45) is 1.77. The summed E-state index contributed by atoms with van der Waals surface area (Å²) in [5.41, 5.74) is 2.71. The van der Waals surface area contributed by atoms with Crippen molar-refractivity contribution in [1.29, 1.82) is 0 Å². The molecule has 0 aliphatic carbocycles. The Bertz CT molecular complexity index is 1180. The predicted octanol–water partition coefficient (Wildman–Crippen LogP) is 2.84. The van der Waals surface area contributed by atoms with Crippen molar-refractivity contribution in [3.63, 3.8) is 0 Å². The van der Waals surface area contributed by atoms with Gasteiger partial charge in [0.05, 0.1) is 17.9 Å². The monoisotopic (exact) mass is 361 g/mol. The number of carbonyl (C=O) groups is 1. The van der Waals surface area contributed by atoms with Gasteiger partial charge in [-0.2, -0.15) is 5.10 Å². The highest BCUT2D eigenvalue weighted by atomic mass is 16.2. The Labute approximate surface area is 155 Å². The molecule has 2 aromatic heterocycles. The molecule has 0 bridgehead atoms. The van der Waals surface area contributed by atoms with Gasteiger partial charge in [0.2, 0.25) is 0 Å². The first-order chi connectivity index (χ1) is 13.0. The van der Waals surface area contributed by atoms with Crippen molar-refractivity contribution in [2.45, 2.75) is 19.9 Å². The Morgan fingerprint density at radius 2 is 1.93 bits per heavy atom. The lowest BCUT2D eigenvalue weighted by Gasteiger charge is -2.14. The molecule has 0 unspecified atom stereocenters. The normalized spacial score (nSPS) is 12.2. The molecule has 4 rings (SSSR count). The van der Waals surface area contributed by atoms with Gasteiger partial charge in [0.15, 0.2) is 0 Å². The van der Waals surface area contributed by atoms with Gasteiger partial charge < -0.3 is 5.32 Å². The summed E-state index contributed by atoms with van der Waals surface area (Å²) in [5.74, 6) is -0.349. The Morgan fingerprint density at radius 3 is 2.70 bits per heavy atom. The van der Waals surface area contributed by atoms with Crippen LogP contribution >= 0.6 is 0 Å². The summed E-state index contributed by atoms with van der Waals surface area (Å²) >= 11 is 0. The van der Waals surface area contributed by atoms with Crippen LogP contribution in [0.5, 0.6) is 0 Å². The van der Waals surface area contributed by atoms with Gasteiger partial charge >= 0.3 is 0 Å². The standard InChI is InChI=1S/C20H19N5O2/c1-12(22-20(27)17-10-19(26)24-23-17)16-11-21-25(13(16)2)18-9-5-7-14-6-3-4-8-15(14)18/h3-12H,1-2H3,(H,22,27)(H2,23,24,26)/t12-/m1/s1. The van der Waals surface area contributed by atoms with E-state index in [0.717, 1.165) is 27.7 Å². The highest BCUT2D eigenvalue weighted by molar-refractivity contribution is 5.92. The number of rotatable bonds is 4. The van der Waals surface area contributed by atoms with Crippen LogP contribution in [0.3, 0.4) is 0 Å². The smallest absolute Gasteiger partial charge is 0.269 e. The highest BCUT2D eigenvalue weighted by Crippen LogP contribution is 2.25. The first kappa shape index (κ1) is 16.8. The van der Waals surface area contributed by atoms with Crippen LogP contribution in [0.25, 0.3) is 16.5 Å². The van der Waals surface area contributed by atoms with E-state index in [0.29, 0.717) is 0 Å². The van der Waals surface area contributed by atoms with E-state index in [1.54, 1.807) is 6.20 Å². The number of benzene rings is 2. The topological polar surface area (TPSA) is 95.6 Å². The third-order valence-electron chi connectivity index (χ3n) is 4.70. The fraction of sp³-hybridized carbons (Fsp3) is 0.150. The lowest BCUT2D eigenvalue weighted by Crippen LogP contribution is -2.27. The number of aromatic amines is 2. The zero-order valence-electron chi connectivity index (χ0n) is 15.0. The molecule has 1 amide bonds. The summed E-state index contributed by atoms with van der Waals surface area (Å²) in [4.78, 5) is 23.5. The molecule has 2 aromatic carbocycles. The third kappa shape index (κ3) is 3.03. The van der Waals surface area contributed by atoms with E-state index in [4.69, 9.17) is 0 Å². The Morgan fingerprint density at radius 1 is 1.15 bits per heavy atom. The summed E-state index contributed by atoms with van der Waals surface area (Å²) in [7, 11) is 0. The second-order valence-corrected chi connectivity index (χ2v) is 6.46. The lowest BCUT2D eigenvalue weighted by atomic mass is 10.1. The molecule has 3 N–H and O–H groups in total. The van der Waals surface area contributed by atoms with E-state index in [1.807, 2.05) is 42.8 Å². The van der Waals surface area contributed by atoms with E-state index in [9.17, 15) is 9.59 Å². The van der Waals surface area contributed by atoms with Crippen molar-refractivity contribution >= 4 is 16.7 Å². The molecule has 0 saturated heterocycles. The van der Waals surface area contributed by atoms with E-state index in [-0.39, 0.29) is 23.2 Å². The number of fused-ring (bicyclic) bond motifs is 1. The number of hydrogen-bond donors (Lipinski definition) is 3.